The number of nitrogens with one attached hydrogen (secondary N) is 1. The summed E-state index contributed by atoms with van der Waals surface area (Å²) in [4.78, 5) is 45.0. The Morgan fingerprint density at radius 2 is 2.12 bits per heavy atom. The van der Waals surface area contributed by atoms with Crippen molar-refractivity contribution in [1.82, 2.24) is 10.3 Å². The Morgan fingerprint density at radius 3 is 2.72 bits per heavy atom. The number of carboxylic acids is 1. The number of thiazole rings is 1. The van der Waals surface area contributed by atoms with Gasteiger partial charge in [-0.1, -0.05) is 17.3 Å². The summed E-state index contributed by atoms with van der Waals surface area (Å²) in [6.45, 7) is 2.75. The molecule has 1 unspecified atom stereocenters. The van der Waals surface area contributed by atoms with Crippen LogP contribution in [-0.2, 0) is 20.8 Å². The van der Waals surface area contributed by atoms with Gasteiger partial charge in [-0.25, -0.2) is 9.78 Å². The van der Waals surface area contributed by atoms with Crippen molar-refractivity contribution >= 4 is 47.1 Å². The lowest BCUT2D eigenvalue weighted by Gasteiger charge is -2.29. The van der Waals surface area contributed by atoms with E-state index in [0.29, 0.717) is 5.56 Å². The molecule has 14 heteroatoms. The fourth-order valence-electron chi connectivity index (χ4n) is 2.76. The number of carboxylic acid groups (broad SMARTS) is 1. The summed E-state index contributed by atoms with van der Waals surface area (Å²) in [5.74, 6) is -3.71. The number of rotatable bonds is 7. The number of benzene rings is 1. The van der Waals surface area contributed by atoms with Gasteiger partial charge in [-0.05, 0) is 31.9 Å². The number of aromatic nitrogens is 1. The van der Waals surface area contributed by atoms with Crippen LogP contribution in [0.25, 0.3) is 0 Å². The number of aromatic carboxylic acids is 1. The third-order valence-corrected chi connectivity index (χ3v) is 5.28. The number of para-hydroxylation sites is 1. The number of carbonyl (C=O) groups excluding carboxylic acids is 2. The van der Waals surface area contributed by atoms with E-state index >= 15 is 0 Å². The maximum atomic E-state index is 13.0. The van der Waals surface area contributed by atoms with Gasteiger partial charge in [0.05, 0.1) is 11.5 Å². The summed E-state index contributed by atoms with van der Waals surface area (Å²) in [5, 5.41) is 27.6. The van der Waals surface area contributed by atoms with E-state index in [1.807, 2.05) is 0 Å². The second-order valence-electron chi connectivity index (χ2n) is 7.37. The van der Waals surface area contributed by atoms with Crippen LogP contribution in [0.3, 0.4) is 0 Å². The number of primary amides is 1. The van der Waals surface area contributed by atoms with Crippen LogP contribution in [-0.4, -0.2) is 57.3 Å². The highest BCUT2D eigenvalue weighted by Crippen LogP contribution is 2.30. The van der Waals surface area contributed by atoms with Crippen LogP contribution in [0.1, 0.15) is 35.5 Å². The largest absolute Gasteiger partial charge is 0.547 e. The molecule has 0 bridgehead atoms. The molecule has 0 aliphatic carbocycles. The van der Waals surface area contributed by atoms with E-state index < -0.39 is 36.4 Å². The maximum absolute atomic E-state index is 13.0. The number of hydrogen-bond acceptors (Lipinski definition) is 10. The molecule has 0 spiro atoms. The molecule has 1 aromatic carbocycles. The van der Waals surface area contributed by atoms with Crippen molar-refractivity contribution in [2.24, 2.45) is 10.9 Å². The second kappa shape index (κ2) is 8.84. The summed E-state index contributed by atoms with van der Waals surface area (Å²) >= 11 is 1.06. The molecule has 0 saturated carbocycles. The van der Waals surface area contributed by atoms with Crippen molar-refractivity contribution in [3.05, 3.63) is 40.4 Å². The van der Waals surface area contributed by atoms with E-state index in [9.17, 15) is 24.5 Å². The normalized spacial score (nSPS) is 16.0. The molecule has 1 atom stereocenters. The third-order valence-electron chi connectivity index (χ3n) is 4.60. The first kappa shape index (κ1) is 23.0. The summed E-state index contributed by atoms with van der Waals surface area (Å²) < 4.78 is 5.37. The summed E-state index contributed by atoms with van der Waals surface area (Å²) in [7, 11) is -1.53. The predicted octanol–water partition coefficient (Wildman–Crippen LogP) is -0.452. The molecule has 32 heavy (non-hydrogen) atoms. The SMILES string of the molecule is CC(C)(ON=C(C(=O)NC1Cc2cccc(C(=O)O)c2OB1O)c1csc(N)n1)C(N)=O. The van der Waals surface area contributed by atoms with Gasteiger partial charge in [0.1, 0.15) is 11.4 Å². The van der Waals surface area contributed by atoms with Gasteiger partial charge >= 0.3 is 13.1 Å². The molecule has 12 nitrogen and oxygen atoms in total. The number of hydrogen-bond donors (Lipinski definition) is 5. The zero-order chi connectivity index (χ0) is 23.6. The fraction of sp³-hybridized carbons (Fsp3) is 0.278. The first-order valence-electron chi connectivity index (χ1n) is 9.28. The first-order chi connectivity index (χ1) is 15.0. The number of anilines is 1. The lowest BCUT2D eigenvalue weighted by Crippen LogP contribution is -2.54. The maximum Gasteiger partial charge on any atom is 0.547 e. The molecule has 1 aliphatic heterocycles. The van der Waals surface area contributed by atoms with Gasteiger partial charge in [0.2, 0.25) is 5.60 Å². The quantitative estimate of drug-likeness (QED) is 0.206. The monoisotopic (exact) mass is 461 g/mol. The molecule has 3 rings (SSSR count). The predicted molar refractivity (Wildman–Crippen MR) is 115 cm³/mol. The molecule has 1 aromatic heterocycles. The molecule has 168 valence electrons. The minimum atomic E-state index is -1.53. The van der Waals surface area contributed by atoms with Gasteiger partial charge in [0, 0.05) is 5.38 Å². The Kier molecular flexibility index (Phi) is 6.36. The van der Waals surface area contributed by atoms with Crippen molar-refractivity contribution in [1.29, 1.82) is 0 Å². The van der Waals surface area contributed by atoms with E-state index in [4.69, 9.17) is 21.0 Å². The zero-order valence-corrected chi connectivity index (χ0v) is 17.9. The number of nitrogens with two attached hydrogens (primary N) is 2. The highest BCUT2D eigenvalue weighted by molar-refractivity contribution is 7.13. The van der Waals surface area contributed by atoms with Crippen LogP contribution in [0.5, 0.6) is 5.75 Å². The Hall–Kier alpha value is -3.65. The fourth-order valence-corrected chi connectivity index (χ4v) is 3.31. The Balaban J connectivity index is 1.85. The van der Waals surface area contributed by atoms with Crippen molar-refractivity contribution < 1.29 is 34.0 Å². The number of fused-ring (bicyclic) bond motifs is 1. The molecule has 1 aliphatic rings. The molecule has 0 radical (unpaired) electrons. The topological polar surface area (TPSA) is 199 Å². The molecular formula is C18H20BN5O7S. The summed E-state index contributed by atoms with van der Waals surface area (Å²) in [6, 6.07) is 4.51. The Labute approximate surface area is 186 Å². The van der Waals surface area contributed by atoms with Gasteiger partial charge in [-0.2, -0.15) is 0 Å². The van der Waals surface area contributed by atoms with Gasteiger partial charge in [-0.3, -0.25) is 9.59 Å². The van der Waals surface area contributed by atoms with Crippen molar-refractivity contribution in [3.63, 3.8) is 0 Å². The first-order valence-corrected chi connectivity index (χ1v) is 10.2. The Bertz CT molecular complexity index is 1100. The van der Waals surface area contributed by atoms with Crippen LogP contribution in [0.4, 0.5) is 5.13 Å². The smallest absolute Gasteiger partial charge is 0.534 e. The average molecular weight is 461 g/mol. The number of carbonyl (C=O) groups is 3. The molecule has 2 heterocycles. The van der Waals surface area contributed by atoms with Crippen LogP contribution >= 0.6 is 11.3 Å². The number of nitrogen functional groups attached to an aromatic ring is 1. The Morgan fingerprint density at radius 1 is 1.41 bits per heavy atom. The van der Waals surface area contributed by atoms with Gasteiger partial charge in [-0.15, -0.1) is 11.3 Å². The van der Waals surface area contributed by atoms with Crippen LogP contribution in [0.15, 0.2) is 28.7 Å². The van der Waals surface area contributed by atoms with E-state index in [0.717, 1.165) is 11.3 Å². The van der Waals surface area contributed by atoms with Crippen LogP contribution < -0.4 is 21.4 Å². The van der Waals surface area contributed by atoms with Crippen LogP contribution in [0.2, 0.25) is 0 Å². The van der Waals surface area contributed by atoms with Crippen molar-refractivity contribution in [2.45, 2.75) is 31.8 Å². The standard InChI is InChI=1S/C18H20BN5O7S/c1-18(2,16(20)28)31-24-12(10-7-32-17(21)22-10)14(25)23-11-6-8-4-3-5-9(15(26)27)13(8)30-19(11)29/h3-5,7,11,29H,6H2,1-2H3,(H2,20,28)(H2,21,22)(H,23,25)(H,26,27). The molecule has 7 N–H and O–H groups in total. The third kappa shape index (κ3) is 4.81. The van der Waals surface area contributed by atoms with Gasteiger partial charge < -0.3 is 36.4 Å². The molecule has 2 amide bonds. The number of amides is 2. The molecule has 0 saturated heterocycles. The van der Waals surface area contributed by atoms with Gasteiger partial charge in [0.25, 0.3) is 11.8 Å². The van der Waals surface area contributed by atoms with Crippen LogP contribution in [0, 0.1) is 0 Å². The minimum absolute atomic E-state index is 0.0331. The lowest BCUT2D eigenvalue weighted by molar-refractivity contribution is -0.139. The van der Waals surface area contributed by atoms with E-state index in [2.05, 4.69) is 15.5 Å². The second-order valence-corrected chi connectivity index (χ2v) is 8.26. The van der Waals surface area contributed by atoms with Crippen molar-refractivity contribution in [3.8, 4) is 5.75 Å². The molecule has 0 fully saturated rings. The highest BCUT2D eigenvalue weighted by atomic mass is 32.1. The molecule has 2 aromatic rings. The van der Waals surface area contributed by atoms with E-state index in [1.54, 1.807) is 6.07 Å². The summed E-state index contributed by atoms with van der Waals surface area (Å²) in [6.07, 6.45) is 0.0868. The van der Waals surface area contributed by atoms with Crippen molar-refractivity contribution in [2.75, 3.05) is 5.73 Å². The minimum Gasteiger partial charge on any atom is -0.534 e. The lowest BCUT2D eigenvalue weighted by atomic mass is 9.72. The average Bonchev–Trinajstić information content (AvgIpc) is 3.13. The van der Waals surface area contributed by atoms with E-state index in [-0.39, 0.29) is 34.3 Å². The van der Waals surface area contributed by atoms with E-state index in [1.165, 1.54) is 31.4 Å². The zero-order valence-electron chi connectivity index (χ0n) is 17.1. The number of oxime groups is 1. The highest BCUT2D eigenvalue weighted by Gasteiger charge is 2.39. The summed E-state index contributed by atoms with van der Waals surface area (Å²) in [5.41, 5.74) is 9.57. The molecular weight excluding hydrogens is 441 g/mol. The van der Waals surface area contributed by atoms with Gasteiger partial charge in [0.15, 0.2) is 10.8 Å². The number of nitrogens with zero attached hydrogens (tertiary/aromatic N) is 2.